The number of hydroxylamine groups is 2. The first-order chi connectivity index (χ1) is 16.7. The summed E-state index contributed by atoms with van der Waals surface area (Å²) in [5.74, 6) is 0. The van der Waals surface area contributed by atoms with Gasteiger partial charge in [-0.3, -0.25) is 10.1 Å². The zero-order valence-electron chi connectivity index (χ0n) is 20.5. The fraction of sp³-hybridized carbons (Fsp3) is 0.462. The Kier molecular flexibility index (Phi) is 9.27. The number of hydrogen-bond acceptors (Lipinski definition) is 3. The van der Waals surface area contributed by atoms with E-state index in [2.05, 4.69) is 12.2 Å². The lowest BCUT2D eigenvalue weighted by Crippen LogP contribution is -2.58. The van der Waals surface area contributed by atoms with E-state index in [9.17, 15) is 14.8 Å². The van der Waals surface area contributed by atoms with Crippen LogP contribution in [0.15, 0.2) is 48.5 Å². The lowest BCUT2D eigenvalue weighted by molar-refractivity contribution is -0.0949. The third-order valence-electron chi connectivity index (χ3n) is 6.35. The Bertz CT molecular complexity index is 1030. The van der Waals surface area contributed by atoms with Crippen molar-refractivity contribution in [3.05, 3.63) is 58.6 Å². The van der Waals surface area contributed by atoms with Gasteiger partial charge in [0.1, 0.15) is 0 Å². The molecule has 2 aromatic rings. The summed E-state index contributed by atoms with van der Waals surface area (Å²) in [6.45, 7) is 6.41. The summed E-state index contributed by atoms with van der Waals surface area (Å²) < 4.78 is 0. The van der Waals surface area contributed by atoms with Gasteiger partial charge in [0.25, 0.3) is 0 Å². The molecule has 2 N–H and O–H groups in total. The van der Waals surface area contributed by atoms with Crippen LogP contribution in [0.4, 0.5) is 21.0 Å². The maximum Gasteiger partial charge on any atom is 0.347 e. The maximum absolute atomic E-state index is 13.7. The van der Waals surface area contributed by atoms with Crippen LogP contribution in [0.2, 0.25) is 10.0 Å². The fourth-order valence-electron chi connectivity index (χ4n) is 4.51. The third kappa shape index (κ3) is 6.40. The second-order valence-electron chi connectivity index (χ2n) is 9.36. The minimum Gasteiger partial charge on any atom is -0.315 e. The number of amides is 4. The number of carbonyl (C=O) groups excluding carboxylic acids is 2. The van der Waals surface area contributed by atoms with Gasteiger partial charge in [0.05, 0.1) is 5.54 Å². The maximum atomic E-state index is 13.7. The van der Waals surface area contributed by atoms with Crippen LogP contribution in [-0.2, 0) is 0 Å². The van der Waals surface area contributed by atoms with E-state index >= 15 is 0 Å². The van der Waals surface area contributed by atoms with Gasteiger partial charge < -0.3 is 10.2 Å². The molecule has 2 aromatic carbocycles. The molecule has 1 heterocycles. The van der Waals surface area contributed by atoms with E-state index in [1.165, 1.54) is 24.2 Å². The Morgan fingerprint density at radius 2 is 1.66 bits per heavy atom. The van der Waals surface area contributed by atoms with Crippen molar-refractivity contribution >= 4 is 46.6 Å². The Balaban J connectivity index is 1.86. The molecule has 190 valence electrons. The number of urea groups is 2. The third-order valence-corrected chi connectivity index (χ3v) is 6.82. The summed E-state index contributed by atoms with van der Waals surface area (Å²) in [5, 5.41) is 15.3. The molecule has 0 aromatic heterocycles. The average Bonchev–Trinajstić information content (AvgIpc) is 3.00. The highest BCUT2D eigenvalue weighted by atomic mass is 35.5. The molecule has 1 atom stereocenters. The largest absolute Gasteiger partial charge is 0.347 e. The molecule has 1 aliphatic heterocycles. The molecule has 0 spiro atoms. The van der Waals surface area contributed by atoms with Crippen LogP contribution in [0.25, 0.3) is 0 Å². The first kappa shape index (κ1) is 27.1. The molecular formula is C26H34Cl2N4O3. The summed E-state index contributed by atoms with van der Waals surface area (Å²) in [7, 11) is 0. The van der Waals surface area contributed by atoms with Crippen molar-refractivity contribution in [3.63, 3.8) is 0 Å². The van der Waals surface area contributed by atoms with Crippen LogP contribution in [0.3, 0.4) is 0 Å². The van der Waals surface area contributed by atoms with E-state index in [-0.39, 0.29) is 6.03 Å². The Labute approximate surface area is 217 Å². The molecule has 0 aliphatic carbocycles. The first-order valence-electron chi connectivity index (χ1n) is 12.1. The van der Waals surface area contributed by atoms with Gasteiger partial charge in [-0.2, -0.15) is 5.06 Å². The van der Waals surface area contributed by atoms with Gasteiger partial charge in [0.15, 0.2) is 6.17 Å². The van der Waals surface area contributed by atoms with E-state index in [0.717, 1.165) is 19.3 Å². The monoisotopic (exact) mass is 520 g/mol. The number of nitrogens with zero attached hydrogens (tertiary/aromatic N) is 3. The van der Waals surface area contributed by atoms with Gasteiger partial charge in [0.2, 0.25) is 0 Å². The number of carbonyl (C=O) groups is 2. The van der Waals surface area contributed by atoms with Crippen molar-refractivity contribution in [2.75, 3.05) is 16.8 Å². The number of halogens is 2. The van der Waals surface area contributed by atoms with Crippen molar-refractivity contribution in [1.82, 2.24) is 9.96 Å². The van der Waals surface area contributed by atoms with Gasteiger partial charge in [-0.25, -0.2) is 9.59 Å². The second-order valence-corrected chi connectivity index (χ2v) is 10.2. The Hall–Kier alpha value is -2.48. The van der Waals surface area contributed by atoms with Crippen LogP contribution in [0.1, 0.15) is 59.3 Å². The molecule has 0 saturated carbocycles. The molecule has 0 unspecified atom stereocenters. The summed E-state index contributed by atoms with van der Waals surface area (Å²) in [4.78, 5) is 29.9. The van der Waals surface area contributed by atoms with E-state index in [1.807, 2.05) is 13.8 Å². The van der Waals surface area contributed by atoms with E-state index in [0.29, 0.717) is 33.0 Å². The van der Waals surface area contributed by atoms with Crippen molar-refractivity contribution in [2.45, 2.75) is 71.0 Å². The SMILES string of the molecule is CCCCCCCCN1C(=O)N(c2cccc(Cl)c2)[C@H](N(O)C(=O)Nc2cccc(Cl)c2)C1(C)C. The van der Waals surface area contributed by atoms with E-state index < -0.39 is 17.7 Å². The second kappa shape index (κ2) is 12.0. The molecule has 1 aliphatic rings. The Morgan fingerprint density at radius 3 is 2.31 bits per heavy atom. The van der Waals surface area contributed by atoms with Crippen molar-refractivity contribution in [3.8, 4) is 0 Å². The zero-order valence-corrected chi connectivity index (χ0v) is 22.0. The Morgan fingerprint density at radius 1 is 1.03 bits per heavy atom. The fourth-order valence-corrected chi connectivity index (χ4v) is 4.89. The first-order valence-corrected chi connectivity index (χ1v) is 12.8. The summed E-state index contributed by atoms with van der Waals surface area (Å²) in [6.07, 6.45) is 5.55. The number of anilines is 2. The van der Waals surface area contributed by atoms with Crippen LogP contribution >= 0.6 is 23.2 Å². The number of benzene rings is 2. The number of unbranched alkanes of at least 4 members (excludes halogenated alkanes) is 5. The highest BCUT2D eigenvalue weighted by Crippen LogP contribution is 2.39. The summed E-state index contributed by atoms with van der Waals surface area (Å²) >= 11 is 12.2. The average molecular weight is 521 g/mol. The van der Waals surface area contributed by atoms with Gasteiger partial charge in [-0.15, -0.1) is 0 Å². The minimum atomic E-state index is -0.993. The number of rotatable bonds is 10. The quantitative estimate of drug-likeness (QED) is 0.192. The molecular weight excluding hydrogens is 487 g/mol. The highest BCUT2D eigenvalue weighted by Gasteiger charge is 2.55. The molecule has 35 heavy (non-hydrogen) atoms. The predicted molar refractivity (Wildman–Crippen MR) is 141 cm³/mol. The van der Waals surface area contributed by atoms with E-state index in [1.54, 1.807) is 53.4 Å². The minimum absolute atomic E-state index is 0.287. The lowest BCUT2D eigenvalue weighted by atomic mass is 9.99. The molecule has 9 heteroatoms. The molecule has 0 radical (unpaired) electrons. The summed E-state index contributed by atoms with van der Waals surface area (Å²) in [5.41, 5.74) is 0.0472. The standard InChI is InChI=1S/C26H34Cl2N4O3/c1-4-5-6-7-8-9-16-30-25(34)31(22-15-11-13-20(28)18-22)23(26(30,2)3)32(35)24(33)29-21-14-10-12-19(27)17-21/h10-15,17-18,23,35H,4-9,16H2,1-3H3,(H,29,33)/t23-/m1/s1. The number of hydrogen-bond donors (Lipinski definition) is 2. The normalized spacial score (nSPS) is 17.1. The zero-order chi connectivity index (χ0) is 25.6. The van der Waals surface area contributed by atoms with Crippen molar-refractivity contribution in [2.24, 2.45) is 0 Å². The molecule has 0 bridgehead atoms. The van der Waals surface area contributed by atoms with Crippen molar-refractivity contribution < 1.29 is 14.8 Å². The number of nitrogens with one attached hydrogen (secondary N) is 1. The lowest BCUT2D eigenvalue weighted by Gasteiger charge is -2.38. The van der Waals surface area contributed by atoms with Gasteiger partial charge >= 0.3 is 12.1 Å². The van der Waals surface area contributed by atoms with Crippen LogP contribution in [-0.4, -0.2) is 45.5 Å². The molecule has 3 rings (SSSR count). The van der Waals surface area contributed by atoms with Gasteiger partial charge in [-0.05, 0) is 56.7 Å². The molecule has 1 fully saturated rings. The molecule has 4 amide bonds. The summed E-state index contributed by atoms with van der Waals surface area (Å²) in [6, 6.07) is 12.4. The van der Waals surface area contributed by atoms with Crippen LogP contribution < -0.4 is 10.2 Å². The van der Waals surface area contributed by atoms with Crippen LogP contribution in [0.5, 0.6) is 0 Å². The topological polar surface area (TPSA) is 76.1 Å². The van der Waals surface area contributed by atoms with Crippen LogP contribution in [0, 0.1) is 0 Å². The van der Waals surface area contributed by atoms with E-state index in [4.69, 9.17) is 23.2 Å². The smallest absolute Gasteiger partial charge is 0.315 e. The predicted octanol–water partition coefficient (Wildman–Crippen LogP) is 7.62. The van der Waals surface area contributed by atoms with Crippen molar-refractivity contribution in [1.29, 1.82) is 0 Å². The highest BCUT2D eigenvalue weighted by molar-refractivity contribution is 6.31. The molecule has 1 saturated heterocycles. The van der Waals surface area contributed by atoms with Gasteiger partial charge in [0, 0.05) is 28.0 Å². The molecule has 7 nitrogen and oxygen atoms in total. The van der Waals surface area contributed by atoms with Gasteiger partial charge in [-0.1, -0.05) is 74.4 Å².